The number of piperidine rings is 1. The second kappa shape index (κ2) is 5.56. The zero-order valence-electron chi connectivity index (χ0n) is 13.1. The smallest absolute Gasteiger partial charge is 0.176 e. The monoisotopic (exact) mass is 285 g/mol. The summed E-state index contributed by atoms with van der Waals surface area (Å²) in [6.07, 6.45) is 3.85. The molecule has 0 unspecified atom stereocenters. The Morgan fingerprint density at radius 2 is 1.86 bits per heavy atom. The predicted octanol–water partition coefficient (Wildman–Crippen LogP) is 2.69. The molecule has 21 heavy (non-hydrogen) atoms. The predicted molar refractivity (Wildman–Crippen MR) is 82.3 cm³/mol. The van der Waals surface area contributed by atoms with Gasteiger partial charge in [-0.1, -0.05) is 18.6 Å². The summed E-state index contributed by atoms with van der Waals surface area (Å²) in [7, 11) is 0. The molecule has 0 aliphatic carbocycles. The third-order valence-corrected chi connectivity index (χ3v) is 4.41. The van der Waals surface area contributed by atoms with E-state index in [1.54, 1.807) is 0 Å². The van der Waals surface area contributed by atoms with Gasteiger partial charge in [0.2, 0.25) is 0 Å². The highest BCUT2D eigenvalue weighted by atomic mass is 15.6. The van der Waals surface area contributed by atoms with Crippen molar-refractivity contribution in [2.24, 2.45) is 0 Å². The molecule has 5 heteroatoms. The van der Waals surface area contributed by atoms with E-state index in [9.17, 15) is 0 Å². The van der Waals surface area contributed by atoms with Gasteiger partial charge in [-0.15, -0.1) is 5.10 Å². The number of nitrogens with zero attached hydrogens (tertiary/aromatic N) is 5. The molecule has 0 atom stereocenters. The molecule has 1 aromatic heterocycles. The molecule has 1 aromatic carbocycles. The number of hydrogen-bond donors (Lipinski definition) is 0. The van der Waals surface area contributed by atoms with Crippen LogP contribution < -0.4 is 0 Å². The van der Waals surface area contributed by atoms with Gasteiger partial charge in [0.05, 0.1) is 11.2 Å². The summed E-state index contributed by atoms with van der Waals surface area (Å²) in [6, 6.07) is 8.30. The van der Waals surface area contributed by atoms with E-state index >= 15 is 0 Å². The van der Waals surface area contributed by atoms with E-state index < -0.39 is 0 Å². The van der Waals surface area contributed by atoms with Crippen LogP contribution in [0, 0.1) is 6.92 Å². The zero-order chi connectivity index (χ0) is 14.9. The number of benzene rings is 1. The highest BCUT2D eigenvalue weighted by Gasteiger charge is 2.35. The molecule has 0 spiro atoms. The maximum atomic E-state index is 4.33. The first-order valence-electron chi connectivity index (χ1n) is 7.70. The van der Waals surface area contributed by atoms with Crippen molar-refractivity contribution in [2.75, 3.05) is 13.1 Å². The number of tetrazole rings is 1. The fourth-order valence-corrected chi connectivity index (χ4v) is 3.10. The number of rotatable bonds is 3. The van der Waals surface area contributed by atoms with Crippen molar-refractivity contribution in [1.29, 1.82) is 0 Å². The van der Waals surface area contributed by atoms with E-state index in [4.69, 9.17) is 0 Å². The van der Waals surface area contributed by atoms with Crippen molar-refractivity contribution < 1.29 is 0 Å². The third-order valence-electron chi connectivity index (χ3n) is 4.41. The van der Waals surface area contributed by atoms with Crippen LogP contribution in [0.1, 0.15) is 44.5 Å². The molecule has 0 saturated carbocycles. The van der Waals surface area contributed by atoms with Crippen molar-refractivity contribution in [3.63, 3.8) is 0 Å². The first-order chi connectivity index (χ1) is 10.1. The number of hydrogen-bond acceptors (Lipinski definition) is 4. The molecule has 2 aromatic rings. The first-order valence-corrected chi connectivity index (χ1v) is 7.70. The van der Waals surface area contributed by atoms with E-state index in [-0.39, 0.29) is 5.54 Å². The molecule has 2 heterocycles. The van der Waals surface area contributed by atoms with Gasteiger partial charge in [0.25, 0.3) is 0 Å². The SMILES string of the molecule is Cc1cccc(-n2nnnc2C(C)(C)N2CCCCC2)c1. The maximum absolute atomic E-state index is 4.33. The number of aromatic nitrogens is 4. The van der Waals surface area contributed by atoms with Gasteiger partial charge in [-0.2, -0.15) is 4.68 Å². The fourth-order valence-electron chi connectivity index (χ4n) is 3.10. The lowest BCUT2D eigenvalue weighted by atomic mass is 9.97. The molecule has 1 aliphatic rings. The Morgan fingerprint density at radius 3 is 2.57 bits per heavy atom. The fraction of sp³-hybridized carbons (Fsp3) is 0.562. The molecular formula is C16H23N5. The lowest BCUT2D eigenvalue weighted by Crippen LogP contribution is -2.46. The lowest BCUT2D eigenvalue weighted by Gasteiger charge is -2.39. The van der Waals surface area contributed by atoms with Crippen LogP contribution in [0.4, 0.5) is 0 Å². The number of likely N-dealkylation sites (tertiary alicyclic amines) is 1. The zero-order valence-corrected chi connectivity index (χ0v) is 13.1. The minimum Gasteiger partial charge on any atom is -0.291 e. The Labute approximate surface area is 126 Å². The topological polar surface area (TPSA) is 46.8 Å². The summed E-state index contributed by atoms with van der Waals surface area (Å²) < 4.78 is 1.88. The van der Waals surface area contributed by atoms with Gasteiger partial charge in [-0.25, -0.2) is 0 Å². The van der Waals surface area contributed by atoms with Gasteiger partial charge in [-0.05, 0) is 74.8 Å². The molecule has 1 aliphatic heterocycles. The second-order valence-electron chi connectivity index (χ2n) is 6.36. The van der Waals surface area contributed by atoms with Gasteiger partial charge in [0.1, 0.15) is 0 Å². The first kappa shape index (κ1) is 14.2. The van der Waals surface area contributed by atoms with Crippen molar-refractivity contribution in [2.45, 2.75) is 45.6 Å². The highest BCUT2D eigenvalue weighted by Crippen LogP contribution is 2.30. The summed E-state index contributed by atoms with van der Waals surface area (Å²) in [5.74, 6) is 0.912. The Bertz CT molecular complexity index is 611. The highest BCUT2D eigenvalue weighted by molar-refractivity contribution is 5.35. The van der Waals surface area contributed by atoms with E-state index in [0.717, 1.165) is 24.6 Å². The van der Waals surface area contributed by atoms with Crippen molar-refractivity contribution in [1.82, 2.24) is 25.1 Å². The van der Waals surface area contributed by atoms with Crippen LogP contribution in [0.25, 0.3) is 5.69 Å². The standard InChI is InChI=1S/C16H23N5/c1-13-8-7-9-14(12-13)21-15(17-18-19-21)16(2,3)20-10-5-4-6-11-20/h7-9,12H,4-6,10-11H2,1-3H3. The van der Waals surface area contributed by atoms with E-state index in [0.29, 0.717) is 0 Å². The van der Waals surface area contributed by atoms with E-state index in [1.165, 1.54) is 24.8 Å². The van der Waals surface area contributed by atoms with Crippen LogP contribution in [0.5, 0.6) is 0 Å². The lowest BCUT2D eigenvalue weighted by molar-refractivity contribution is 0.0849. The largest absolute Gasteiger partial charge is 0.291 e. The molecule has 0 amide bonds. The average molecular weight is 285 g/mol. The summed E-state index contributed by atoms with van der Waals surface area (Å²) >= 11 is 0. The van der Waals surface area contributed by atoms with Crippen LogP contribution in [0.3, 0.4) is 0 Å². The third kappa shape index (κ3) is 2.70. The normalized spacial score (nSPS) is 17.1. The quantitative estimate of drug-likeness (QED) is 0.870. The molecular weight excluding hydrogens is 262 g/mol. The van der Waals surface area contributed by atoms with Crippen LogP contribution in [-0.2, 0) is 5.54 Å². The summed E-state index contributed by atoms with van der Waals surface area (Å²) in [5, 5.41) is 12.5. The van der Waals surface area contributed by atoms with E-state index in [2.05, 4.69) is 59.4 Å². The molecule has 3 rings (SSSR count). The van der Waals surface area contributed by atoms with Gasteiger partial charge < -0.3 is 0 Å². The van der Waals surface area contributed by atoms with Crippen LogP contribution in [0.2, 0.25) is 0 Å². The minimum absolute atomic E-state index is 0.159. The van der Waals surface area contributed by atoms with Crippen LogP contribution in [0.15, 0.2) is 24.3 Å². The minimum atomic E-state index is -0.159. The van der Waals surface area contributed by atoms with Gasteiger partial charge in [-0.3, -0.25) is 4.90 Å². The van der Waals surface area contributed by atoms with E-state index in [1.807, 2.05) is 10.7 Å². The van der Waals surface area contributed by atoms with Crippen molar-refractivity contribution >= 4 is 0 Å². The molecule has 0 N–H and O–H groups in total. The molecule has 0 bridgehead atoms. The van der Waals surface area contributed by atoms with Crippen LogP contribution >= 0.6 is 0 Å². The Morgan fingerprint density at radius 1 is 1.10 bits per heavy atom. The molecule has 112 valence electrons. The van der Waals surface area contributed by atoms with Gasteiger partial charge in [0.15, 0.2) is 5.82 Å². The Hall–Kier alpha value is -1.75. The summed E-state index contributed by atoms with van der Waals surface area (Å²) in [4.78, 5) is 2.49. The van der Waals surface area contributed by atoms with Gasteiger partial charge in [0, 0.05) is 0 Å². The molecule has 1 fully saturated rings. The second-order valence-corrected chi connectivity index (χ2v) is 6.36. The van der Waals surface area contributed by atoms with Gasteiger partial charge >= 0.3 is 0 Å². The maximum Gasteiger partial charge on any atom is 0.176 e. The Balaban J connectivity index is 1.98. The molecule has 1 saturated heterocycles. The molecule has 0 radical (unpaired) electrons. The summed E-state index contributed by atoms with van der Waals surface area (Å²) in [5.41, 5.74) is 2.08. The number of aryl methyl sites for hydroxylation is 1. The Kier molecular flexibility index (Phi) is 3.76. The van der Waals surface area contributed by atoms with Crippen molar-refractivity contribution in [3.8, 4) is 5.69 Å². The molecule has 5 nitrogen and oxygen atoms in total. The summed E-state index contributed by atoms with van der Waals surface area (Å²) in [6.45, 7) is 8.76. The average Bonchev–Trinajstić information content (AvgIpc) is 2.98. The van der Waals surface area contributed by atoms with Crippen LogP contribution in [-0.4, -0.2) is 38.2 Å². The van der Waals surface area contributed by atoms with Crippen molar-refractivity contribution in [3.05, 3.63) is 35.7 Å².